The Hall–Kier alpha value is -1.51. The Morgan fingerprint density at radius 2 is 1.60 bits per heavy atom. The highest BCUT2D eigenvalue weighted by molar-refractivity contribution is 5.66. The number of aliphatic carboxylic acids is 1. The highest BCUT2D eigenvalue weighted by atomic mass is 16.4. The van der Waals surface area contributed by atoms with Crippen molar-refractivity contribution in [2.24, 2.45) is 0 Å². The van der Waals surface area contributed by atoms with Crippen molar-refractivity contribution in [3.63, 3.8) is 0 Å². The van der Waals surface area contributed by atoms with E-state index in [0.29, 0.717) is 6.42 Å². The molecule has 0 spiro atoms. The molecule has 1 heterocycles. The molecule has 3 nitrogen and oxygen atoms in total. The van der Waals surface area contributed by atoms with Gasteiger partial charge in [0.25, 0.3) is 0 Å². The Morgan fingerprint density at radius 3 is 2.40 bits per heavy atom. The molecule has 0 aromatic carbocycles. The molecule has 1 rings (SSSR count). The maximum absolute atomic E-state index is 10.4. The molecule has 0 fully saturated rings. The lowest BCUT2D eigenvalue weighted by atomic mass is 10.0. The van der Waals surface area contributed by atoms with Crippen molar-refractivity contribution in [2.75, 3.05) is 0 Å². The molecule has 25 heavy (non-hydrogen) atoms. The van der Waals surface area contributed by atoms with E-state index < -0.39 is 5.97 Å². The van der Waals surface area contributed by atoms with Crippen LogP contribution in [0, 0.1) is 0 Å². The molecule has 1 N–H and O–H groups in total. The van der Waals surface area contributed by atoms with Gasteiger partial charge < -0.3 is 9.52 Å². The van der Waals surface area contributed by atoms with Crippen LogP contribution in [0.15, 0.2) is 29.1 Å². The maximum Gasteiger partial charge on any atom is 0.303 e. The van der Waals surface area contributed by atoms with Crippen LogP contribution in [-0.2, 0) is 17.6 Å². The smallest absolute Gasteiger partial charge is 0.303 e. The molecule has 1 aromatic heterocycles. The van der Waals surface area contributed by atoms with Gasteiger partial charge >= 0.3 is 5.97 Å². The first-order chi connectivity index (χ1) is 12.2. The van der Waals surface area contributed by atoms with Crippen LogP contribution in [0.25, 0.3) is 0 Å². The summed E-state index contributed by atoms with van der Waals surface area (Å²) in [5.74, 6) is -0.684. The summed E-state index contributed by atoms with van der Waals surface area (Å²) < 4.78 is 5.40. The quantitative estimate of drug-likeness (QED) is 0.267. The number of carboxylic acid groups (broad SMARTS) is 1. The molecule has 142 valence electrons. The van der Waals surface area contributed by atoms with E-state index >= 15 is 0 Å². The lowest BCUT2D eigenvalue weighted by Gasteiger charge is -2.02. The highest BCUT2D eigenvalue weighted by Gasteiger charge is 2.03. The third-order valence-electron chi connectivity index (χ3n) is 4.65. The number of carboxylic acids is 1. The van der Waals surface area contributed by atoms with Crippen LogP contribution in [0.2, 0.25) is 0 Å². The van der Waals surface area contributed by atoms with E-state index in [9.17, 15) is 4.79 Å². The number of hydrogen-bond acceptors (Lipinski definition) is 2. The predicted octanol–water partition coefficient (Wildman–Crippen LogP) is 6.71. The fraction of sp³-hybridized carbons (Fsp3) is 0.682. The van der Waals surface area contributed by atoms with Crippen LogP contribution in [0.5, 0.6) is 0 Å². The summed E-state index contributed by atoms with van der Waals surface area (Å²) in [5.41, 5.74) is 2.69. The molecule has 0 bridgehead atoms. The highest BCUT2D eigenvalue weighted by Crippen LogP contribution is 2.16. The molecule has 1 aromatic rings. The van der Waals surface area contributed by atoms with E-state index in [2.05, 4.69) is 19.1 Å². The minimum absolute atomic E-state index is 0.303. The lowest BCUT2D eigenvalue weighted by molar-refractivity contribution is -0.137. The summed E-state index contributed by atoms with van der Waals surface area (Å²) in [5, 5.41) is 8.58. The van der Waals surface area contributed by atoms with Gasteiger partial charge in [0.15, 0.2) is 0 Å². The van der Waals surface area contributed by atoms with E-state index in [-0.39, 0.29) is 0 Å². The molecule has 0 aliphatic carbocycles. The number of hydrogen-bond donors (Lipinski definition) is 1. The first kappa shape index (κ1) is 21.5. The van der Waals surface area contributed by atoms with Crippen molar-refractivity contribution in [2.45, 2.75) is 96.8 Å². The minimum atomic E-state index is -0.684. The standard InChI is InChI=1S/C22H36O3/c1-2-3-4-5-9-12-15-20-18-25-19-21(20)16-13-10-7-6-8-11-14-17-22(23)24/h10,13,18-19H,2-9,11-12,14-17H2,1H3,(H,23,24)/b13-10-. The molecule has 0 aliphatic heterocycles. The van der Waals surface area contributed by atoms with Gasteiger partial charge in [0, 0.05) is 6.42 Å². The van der Waals surface area contributed by atoms with E-state index in [1.54, 1.807) is 0 Å². The monoisotopic (exact) mass is 348 g/mol. The fourth-order valence-corrected chi connectivity index (χ4v) is 3.06. The van der Waals surface area contributed by atoms with Crippen LogP contribution in [0.1, 0.15) is 95.1 Å². The topological polar surface area (TPSA) is 50.4 Å². The molecule has 0 radical (unpaired) electrons. The van der Waals surface area contributed by atoms with Crippen molar-refractivity contribution in [1.29, 1.82) is 0 Å². The number of aryl methyl sites for hydroxylation is 1. The second-order valence-corrected chi connectivity index (χ2v) is 6.96. The number of allylic oxidation sites excluding steroid dienone is 2. The number of furan rings is 1. The zero-order valence-corrected chi connectivity index (χ0v) is 16.0. The summed E-state index contributed by atoms with van der Waals surface area (Å²) in [6, 6.07) is 0. The van der Waals surface area contributed by atoms with Crippen molar-refractivity contribution in [3.8, 4) is 0 Å². The van der Waals surface area contributed by atoms with Crippen LogP contribution in [-0.4, -0.2) is 11.1 Å². The first-order valence-electron chi connectivity index (χ1n) is 10.1. The third kappa shape index (κ3) is 11.6. The molecule has 0 aliphatic rings. The average Bonchev–Trinajstić information content (AvgIpc) is 3.03. The van der Waals surface area contributed by atoms with Crippen molar-refractivity contribution >= 4 is 5.97 Å². The Kier molecular flexibility index (Phi) is 12.7. The van der Waals surface area contributed by atoms with Crippen LogP contribution in [0.4, 0.5) is 0 Å². The molecule has 0 amide bonds. The van der Waals surface area contributed by atoms with E-state index in [1.807, 2.05) is 12.5 Å². The molecule has 0 unspecified atom stereocenters. The van der Waals surface area contributed by atoms with Crippen LogP contribution < -0.4 is 0 Å². The van der Waals surface area contributed by atoms with Gasteiger partial charge in [0.1, 0.15) is 0 Å². The normalized spacial score (nSPS) is 11.4. The summed E-state index contributed by atoms with van der Waals surface area (Å²) in [6.45, 7) is 2.25. The van der Waals surface area contributed by atoms with Gasteiger partial charge in [0.05, 0.1) is 12.5 Å². The molecule has 0 atom stereocenters. The summed E-state index contributed by atoms with van der Waals surface area (Å²) in [7, 11) is 0. The van der Waals surface area contributed by atoms with Gasteiger partial charge in [-0.3, -0.25) is 4.79 Å². The Balaban J connectivity index is 2.08. The van der Waals surface area contributed by atoms with Crippen molar-refractivity contribution in [3.05, 3.63) is 35.8 Å². The zero-order chi connectivity index (χ0) is 18.2. The van der Waals surface area contributed by atoms with E-state index in [0.717, 1.165) is 44.9 Å². The Labute approximate surface area is 153 Å². The van der Waals surface area contributed by atoms with Gasteiger partial charge in [-0.25, -0.2) is 0 Å². The van der Waals surface area contributed by atoms with E-state index in [1.165, 1.54) is 49.7 Å². The van der Waals surface area contributed by atoms with Gasteiger partial charge in [0.2, 0.25) is 0 Å². The van der Waals surface area contributed by atoms with Gasteiger partial charge in [-0.1, -0.05) is 64.0 Å². The second-order valence-electron chi connectivity index (χ2n) is 6.96. The van der Waals surface area contributed by atoms with Crippen molar-refractivity contribution in [1.82, 2.24) is 0 Å². The average molecular weight is 349 g/mol. The maximum atomic E-state index is 10.4. The van der Waals surface area contributed by atoms with Gasteiger partial charge in [-0.2, -0.15) is 0 Å². The molecular formula is C22H36O3. The molecular weight excluding hydrogens is 312 g/mol. The summed E-state index contributed by atoms with van der Waals surface area (Å²) >= 11 is 0. The first-order valence-corrected chi connectivity index (χ1v) is 10.1. The SMILES string of the molecule is CCCCCCCCc1cocc1C/C=C\CCCCCCC(=O)O. The van der Waals surface area contributed by atoms with Gasteiger partial charge in [-0.15, -0.1) is 0 Å². The van der Waals surface area contributed by atoms with Crippen LogP contribution in [0.3, 0.4) is 0 Å². The Morgan fingerprint density at radius 1 is 0.920 bits per heavy atom. The summed E-state index contributed by atoms with van der Waals surface area (Å²) in [4.78, 5) is 10.4. The summed E-state index contributed by atoms with van der Waals surface area (Å²) in [6.07, 6.45) is 23.8. The lowest BCUT2D eigenvalue weighted by Crippen LogP contribution is -1.93. The predicted molar refractivity (Wildman–Crippen MR) is 104 cm³/mol. The minimum Gasteiger partial charge on any atom is -0.481 e. The second kappa shape index (κ2) is 14.8. The molecule has 0 saturated carbocycles. The van der Waals surface area contributed by atoms with E-state index in [4.69, 9.17) is 9.52 Å². The number of rotatable bonds is 16. The number of carbonyl (C=O) groups is 1. The zero-order valence-electron chi connectivity index (χ0n) is 16.0. The Bertz CT molecular complexity index is 473. The van der Waals surface area contributed by atoms with Crippen LogP contribution >= 0.6 is 0 Å². The largest absolute Gasteiger partial charge is 0.481 e. The third-order valence-corrected chi connectivity index (χ3v) is 4.65. The van der Waals surface area contributed by atoms with Crippen molar-refractivity contribution < 1.29 is 14.3 Å². The number of unbranched alkanes of at least 4 members (excludes halogenated alkanes) is 9. The molecule has 0 saturated heterocycles. The van der Waals surface area contributed by atoms with Gasteiger partial charge in [-0.05, 0) is 49.7 Å². The molecule has 3 heteroatoms. The fourth-order valence-electron chi connectivity index (χ4n) is 3.06.